The molecule has 0 saturated carbocycles. The van der Waals surface area contributed by atoms with Gasteiger partial charge in [-0.05, 0) is 42.7 Å². The molecule has 2 amide bonds. The van der Waals surface area contributed by atoms with Crippen molar-refractivity contribution in [1.29, 1.82) is 0 Å². The number of hydrogen-bond donors (Lipinski definition) is 1. The number of carbonyl (C=O) groups is 2. The van der Waals surface area contributed by atoms with Crippen LogP contribution in [0.2, 0.25) is 0 Å². The molecule has 1 N–H and O–H groups in total. The molecule has 2 rings (SSSR count). The Hall–Kier alpha value is -2.34. The van der Waals surface area contributed by atoms with E-state index in [1.807, 2.05) is 31.2 Å². The lowest BCUT2D eigenvalue weighted by Gasteiger charge is -2.29. The van der Waals surface area contributed by atoms with Gasteiger partial charge in [-0.2, -0.15) is 0 Å². The van der Waals surface area contributed by atoms with Crippen LogP contribution in [0.1, 0.15) is 23.6 Å². The van der Waals surface area contributed by atoms with Crippen LogP contribution in [0.25, 0.3) is 0 Å². The molecule has 0 unspecified atom stereocenters. The zero-order valence-electron chi connectivity index (χ0n) is 15.9. The first kappa shape index (κ1) is 21.0. The second-order valence-corrected chi connectivity index (χ2v) is 7.34. The summed E-state index contributed by atoms with van der Waals surface area (Å²) in [5.41, 5.74) is 3.06. The summed E-state index contributed by atoms with van der Waals surface area (Å²) in [6.07, 6.45) is 0. The molecular formula is C21H25FN2O2S. The first-order chi connectivity index (χ1) is 12.9. The van der Waals surface area contributed by atoms with Gasteiger partial charge < -0.3 is 10.2 Å². The number of nitrogens with zero attached hydrogens (tertiary/aromatic N) is 1. The summed E-state index contributed by atoms with van der Waals surface area (Å²) in [4.78, 5) is 26.6. The van der Waals surface area contributed by atoms with E-state index in [0.29, 0.717) is 12.3 Å². The molecule has 4 nitrogen and oxygen atoms in total. The minimum absolute atomic E-state index is 0.0959. The molecule has 27 heavy (non-hydrogen) atoms. The monoisotopic (exact) mass is 388 g/mol. The summed E-state index contributed by atoms with van der Waals surface area (Å²) in [6.45, 7) is 4.11. The predicted octanol–water partition coefficient (Wildman–Crippen LogP) is 3.53. The molecule has 0 aliphatic rings. The van der Waals surface area contributed by atoms with E-state index in [-0.39, 0.29) is 23.4 Å². The van der Waals surface area contributed by atoms with Gasteiger partial charge in [-0.3, -0.25) is 9.59 Å². The molecule has 0 aliphatic heterocycles. The SMILES string of the molecule is CNC(=O)[C@@H](C)N(Cc1ccccc1C)C(=O)CSCc1ccc(F)cc1. The van der Waals surface area contributed by atoms with Crippen LogP contribution in [0, 0.1) is 12.7 Å². The highest BCUT2D eigenvalue weighted by Gasteiger charge is 2.25. The number of halogens is 1. The molecule has 0 heterocycles. The highest BCUT2D eigenvalue weighted by molar-refractivity contribution is 7.99. The molecule has 0 aromatic heterocycles. The fourth-order valence-electron chi connectivity index (χ4n) is 2.68. The maximum atomic E-state index is 13.0. The van der Waals surface area contributed by atoms with E-state index < -0.39 is 6.04 Å². The van der Waals surface area contributed by atoms with Crippen LogP contribution in [-0.4, -0.2) is 35.6 Å². The minimum Gasteiger partial charge on any atom is -0.357 e. The van der Waals surface area contributed by atoms with Crippen molar-refractivity contribution in [2.45, 2.75) is 32.2 Å². The van der Waals surface area contributed by atoms with E-state index in [2.05, 4.69) is 5.32 Å². The summed E-state index contributed by atoms with van der Waals surface area (Å²) in [5.74, 6) is 0.300. The molecule has 6 heteroatoms. The van der Waals surface area contributed by atoms with Crippen molar-refractivity contribution in [3.05, 3.63) is 71.0 Å². The van der Waals surface area contributed by atoms with Crippen LogP contribution < -0.4 is 5.32 Å². The maximum Gasteiger partial charge on any atom is 0.242 e. The third-order valence-corrected chi connectivity index (χ3v) is 5.41. The van der Waals surface area contributed by atoms with Gasteiger partial charge in [-0.25, -0.2) is 4.39 Å². The zero-order valence-corrected chi connectivity index (χ0v) is 16.7. The maximum absolute atomic E-state index is 13.0. The molecular weight excluding hydrogens is 363 g/mol. The van der Waals surface area contributed by atoms with Gasteiger partial charge in [0.1, 0.15) is 11.9 Å². The van der Waals surface area contributed by atoms with Crippen LogP contribution >= 0.6 is 11.8 Å². The van der Waals surface area contributed by atoms with E-state index in [1.54, 1.807) is 31.0 Å². The first-order valence-electron chi connectivity index (χ1n) is 8.80. The Morgan fingerprint density at radius 3 is 2.44 bits per heavy atom. The normalized spacial score (nSPS) is 11.7. The second-order valence-electron chi connectivity index (χ2n) is 6.36. The van der Waals surface area contributed by atoms with Crippen LogP contribution in [0.5, 0.6) is 0 Å². The zero-order chi connectivity index (χ0) is 19.8. The minimum atomic E-state index is -0.562. The largest absolute Gasteiger partial charge is 0.357 e. The number of aryl methyl sites for hydroxylation is 1. The third-order valence-electron chi connectivity index (χ3n) is 4.42. The van der Waals surface area contributed by atoms with Crippen molar-refractivity contribution in [3.63, 3.8) is 0 Å². The van der Waals surface area contributed by atoms with Gasteiger partial charge in [0, 0.05) is 19.3 Å². The molecule has 0 spiro atoms. The van der Waals surface area contributed by atoms with Crippen molar-refractivity contribution in [1.82, 2.24) is 10.2 Å². The molecule has 0 saturated heterocycles. The molecule has 0 fully saturated rings. The number of hydrogen-bond acceptors (Lipinski definition) is 3. The number of nitrogens with one attached hydrogen (secondary N) is 1. The van der Waals surface area contributed by atoms with Gasteiger partial charge in [-0.1, -0.05) is 36.4 Å². The van der Waals surface area contributed by atoms with Crippen molar-refractivity contribution in [2.24, 2.45) is 0 Å². The van der Waals surface area contributed by atoms with E-state index >= 15 is 0 Å². The molecule has 0 aliphatic carbocycles. The Morgan fingerprint density at radius 1 is 1.15 bits per heavy atom. The lowest BCUT2D eigenvalue weighted by atomic mass is 10.1. The fraction of sp³-hybridized carbons (Fsp3) is 0.333. The van der Waals surface area contributed by atoms with Crippen LogP contribution in [0.15, 0.2) is 48.5 Å². The number of thioether (sulfide) groups is 1. The van der Waals surface area contributed by atoms with Crippen LogP contribution in [0.4, 0.5) is 4.39 Å². The molecule has 2 aromatic rings. The van der Waals surface area contributed by atoms with Gasteiger partial charge in [0.15, 0.2) is 0 Å². The van der Waals surface area contributed by atoms with Crippen LogP contribution in [0.3, 0.4) is 0 Å². The quantitative estimate of drug-likeness (QED) is 0.753. The van der Waals surface area contributed by atoms with E-state index in [0.717, 1.165) is 16.7 Å². The first-order valence-corrected chi connectivity index (χ1v) is 9.95. The standard InChI is InChI=1S/C21H25FN2O2S/c1-15-6-4-5-7-18(15)12-24(16(2)21(26)23-3)20(25)14-27-13-17-8-10-19(22)11-9-17/h4-11,16H,12-14H2,1-3H3,(H,23,26)/t16-/m1/s1. The summed E-state index contributed by atoms with van der Waals surface area (Å²) in [5, 5.41) is 2.61. The molecule has 1 atom stereocenters. The smallest absolute Gasteiger partial charge is 0.242 e. The summed E-state index contributed by atoms with van der Waals surface area (Å²) >= 11 is 1.45. The van der Waals surface area contributed by atoms with Crippen LogP contribution in [-0.2, 0) is 21.9 Å². The lowest BCUT2D eigenvalue weighted by molar-refractivity contribution is -0.138. The van der Waals surface area contributed by atoms with Gasteiger partial charge in [0.2, 0.25) is 11.8 Å². The number of carbonyl (C=O) groups excluding carboxylic acids is 2. The van der Waals surface area contributed by atoms with Gasteiger partial charge in [0.05, 0.1) is 5.75 Å². The van der Waals surface area contributed by atoms with Crippen molar-refractivity contribution >= 4 is 23.6 Å². The highest BCUT2D eigenvalue weighted by Crippen LogP contribution is 2.17. The average Bonchev–Trinajstić information content (AvgIpc) is 2.67. The Balaban J connectivity index is 2.04. The average molecular weight is 389 g/mol. The second kappa shape index (κ2) is 10.1. The number of amides is 2. The Kier molecular flexibility index (Phi) is 7.85. The lowest BCUT2D eigenvalue weighted by Crippen LogP contribution is -2.47. The van der Waals surface area contributed by atoms with Gasteiger partial charge in [0.25, 0.3) is 0 Å². The Labute approximate surface area is 164 Å². The summed E-state index contributed by atoms with van der Waals surface area (Å²) in [7, 11) is 1.57. The van der Waals surface area contributed by atoms with Crippen molar-refractivity contribution in [2.75, 3.05) is 12.8 Å². The Morgan fingerprint density at radius 2 is 1.81 bits per heavy atom. The van der Waals surface area contributed by atoms with E-state index in [4.69, 9.17) is 0 Å². The summed E-state index contributed by atoms with van der Waals surface area (Å²) < 4.78 is 13.0. The molecule has 0 radical (unpaired) electrons. The number of benzene rings is 2. The topological polar surface area (TPSA) is 49.4 Å². The van der Waals surface area contributed by atoms with Gasteiger partial charge in [-0.15, -0.1) is 11.8 Å². The fourth-order valence-corrected chi connectivity index (χ4v) is 3.55. The predicted molar refractivity (Wildman–Crippen MR) is 108 cm³/mol. The molecule has 2 aromatic carbocycles. The summed E-state index contributed by atoms with van der Waals surface area (Å²) in [6, 6.07) is 13.5. The number of likely N-dealkylation sites (N-methyl/N-ethyl adjacent to an activating group) is 1. The van der Waals surface area contributed by atoms with E-state index in [1.165, 1.54) is 23.9 Å². The molecule has 0 bridgehead atoms. The number of rotatable bonds is 8. The third kappa shape index (κ3) is 6.10. The van der Waals surface area contributed by atoms with Crippen molar-refractivity contribution in [3.8, 4) is 0 Å². The molecule has 144 valence electrons. The van der Waals surface area contributed by atoms with Crippen molar-refractivity contribution < 1.29 is 14.0 Å². The Bertz CT molecular complexity index is 780. The van der Waals surface area contributed by atoms with E-state index in [9.17, 15) is 14.0 Å². The highest BCUT2D eigenvalue weighted by atomic mass is 32.2. The van der Waals surface area contributed by atoms with Gasteiger partial charge >= 0.3 is 0 Å².